The van der Waals surface area contributed by atoms with Crippen molar-refractivity contribution in [3.8, 4) is 0 Å². The molecule has 0 radical (unpaired) electrons. The van der Waals surface area contributed by atoms with Gasteiger partial charge in [-0.15, -0.1) is 0 Å². The average molecular weight is 330 g/mol. The number of rotatable bonds is 4. The smallest absolute Gasteiger partial charge is 0.290 e. The van der Waals surface area contributed by atoms with E-state index in [1.807, 2.05) is 18.7 Å². The zero-order valence-electron chi connectivity index (χ0n) is 13.9. The number of carbonyl (C=O) groups is 1. The van der Waals surface area contributed by atoms with E-state index in [1.165, 1.54) is 6.20 Å². The van der Waals surface area contributed by atoms with Crippen LogP contribution >= 0.6 is 0 Å². The molecule has 1 saturated heterocycles. The van der Waals surface area contributed by atoms with Crippen LogP contribution in [-0.2, 0) is 0 Å². The molecule has 2 aromatic heterocycles. The van der Waals surface area contributed by atoms with Gasteiger partial charge in [-0.05, 0) is 32.8 Å². The summed E-state index contributed by atoms with van der Waals surface area (Å²) in [7, 11) is 0. The van der Waals surface area contributed by atoms with Gasteiger partial charge in [0, 0.05) is 43.8 Å². The monoisotopic (exact) mass is 330 g/mol. The highest BCUT2D eigenvalue weighted by molar-refractivity contribution is 5.92. The molecule has 1 unspecified atom stereocenters. The van der Waals surface area contributed by atoms with E-state index < -0.39 is 0 Å². The second-order valence-electron chi connectivity index (χ2n) is 6.26. The van der Waals surface area contributed by atoms with Gasteiger partial charge < -0.3 is 15.2 Å². The van der Waals surface area contributed by atoms with Crippen molar-refractivity contribution in [3.05, 3.63) is 40.7 Å². The van der Waals surface area contributed by atoms with Gasteiger partial charge in [-0.1, -0.05) is 0 Å². The zero-order chi connectivity index (χ0) is 17.1. The van der Waals surface area contributed by atoms with Crippen LogP contribution in [0.3, 0.4) is 0 Å². The van der Waals surface area contributed by atoms with Crippen LogP contribution in [0.4, 0.5) is 5.82 Å². The summed E-state index contributed by atoms with van der Waals surface area (Å²) in [6.45, 7) is 5.30. The lowest BCUT2D eigenvalue weighted by molar-refractivity contribution is 0.0920. The van der Waals surface area contributed by atoms with Crippen LogP contribution < -0.4 is 15.8 Å². The number of aromatic amines is 1. The number of carbonyl (C=O) groups excluding carboxylic acids is 1. The summed E-state index contributed by atoms with van der Waals surface area (Å²) in [4.78, 5) is 33.1. The van der Waals surface area contributed by atoms with Crippen LogP contribution in [0.25, 0.3) is 0 Å². The van der Waals surface area contributed by atoms with E-state index in [0.29, 0.717) is 18.1 Å². The largest absolute Gasteiger partial charge is 0.350 e. The van der Waals surface area contributed by atoms with Gasteiger partial charge in [-0.25, -0.2) is 4.98 Å². The molecule has 2 N–H and O–H groups in total. The van der Waals surface area contributed by atoms with Crippen molar-refractivity contribution in [2.75, 3.05) is 18.0 Å². The molecule has 0 aliphatic carbocycles. The van der Waals surface area contributed by atoms with Crippen molar-refractivity contribution >= 4 is 11.7 Å². The van der Waals surface area contributed by atoms with E-state index in [1.54, 1.807) is 23.1 Å². The van der Waals surface area contributed by atoms with E-state index in [4.69, 9.17) is 0 Å². The van der Waals surface area contributed by atoms with E-state index >= 15 is 0 Å². The molecule has 8 nitrogen and oxygen atoms in total. The highest BCUT2D eigenvalue weighted by atomic mass is 16.2. The first-order valence-corrected chi connectivity index (χ1v) is 8.19. The maximum atomic E-state index is 12.5. The molecule has 3 heterocycles. The van der Waals surface area contributed by atoms with Gasteiger partial charge in [0.2, 0.25) is 0 Å². The van der Waals surface area contributed by atoms with Crippen molar-refractivity contribution in [1.29, 1.82) is 0 Å². The minimum absolute atomic E-state index is 0.0248. The fraction of sp³-hybridized carbons (Fsp3) is 0.500. The highest BCUT2D eigenvalue weighted by Gasteiger charge is 2.25. The topological polar surface area (TPSA) is 95.9 Å². The van der Waals surface area contributed by atoms with Crippen molar-refractivity contribution in [1.82, 2.24) is 25.1 Å². The summed E-state index contributed by atoms with van der Waals surface area (Å²) in [6, 6.07) is 1.82. The summed E-state index contributed by atoms with van der Waals surface area (Å²) < 4.78 is 1.71. The molecule has 128 valence electrons. The molecule has 24 heavy (non-hydrogen) atoms. The summed E-state index contributed by atoms with van der Waals surface area (Å²) in [6.07, 6.45) is 6.49. The Labute approximate surface area is 139 Å². The van der Waals surface area contributed by atoms with Crippen LogP contribution in [-0.4, -0.2) is 44.8 Å². The third-order valence-corrected chi connectivity index (χ3v) is 4.14. The first-order valence-electron chi connectivity index (χ1n) is 8.19. The first-order chi connectivity index (χ1) is 11.6. The van der Waals surface area contributed by atoms with Gasteiger partial charge in [0.1, 0.15) is 5.69 Å². The minimum Gasteiger partial charge on any atom is -0.350 e. The van der Waals surface area contributed by atoms with Crippen LogP contribution in [0.15, 0.2) is 29.5 Å². The number of hydrogen-bond donors (Lipinski definition) is 2. The molecule has 0 bridgehead atoms. The third-order valence-electron chi connectivity index (χ3n) is 4.14. The van der Waals surface area contributed by atoms with Gasteiger partial charge in [0.15, 0.2) is 5.82 Å². The highest BCUT2D eigenvalue weighted by Crippen LogP contribution is 2.15. The second kappa shape index (κ2) is 6.86. The molecule has 1 aliphatic rings. The molecular formula is C16H22N6O2. The summed E-state index contributed by atoms with van der Waals surface area (Å²) in [5, 5.41) is 7.25. The van der Waals surface area contributed by atoms with Crippen LogP contribution in [0, 0.1) is 0 Å². The number of nitrogens with one attached hydrogen (secondary N) is 2. The molecule has 1 atom stereocenters. The molecule has 1 fully saturated rings. The molecule has 0 saturated carbocycles. The normalized spacial score (nSPS) is 18.0. The van der Waals surface area contributed by atoms with Gasteiger partial charge >= 0.3 is 0 Å². The van der Waals surface area contributed by atoms with Gasteiger partial charge in [-0.2, -0.15) is 5.10 Å². The van der Waals surface area contributed by atoms with Crippen molar-refractivity contribution < 1.29 is 4.79 Å². The SMILES string of the molecule is CC(C)n1nccc1C(=O)NC1CCCN(c2ncc[nH]c2=O)C1. The van der Waals surface area contributed by atoms with Crippen molar-refractivity contribution in [2.45, 2.75) is 38.8 Å². The summed E-state index contributed by atoms with van der Waals surface area (Å²) >= 11 is 0. The van der Waals surface area contributed by atoms with E-state index in [9.17, 15) is 9.59 Å². The fourth-order valence-electron chi connectivity index (χ4n) is 3.02. The number of H-pyrrole nitrogens is 1. The number of aromatic nitrogens is 4. The number of amides is 1. The molecule has 8 heteroatoms. The Morgan fingerprint density at radius 2 is 2.25 bits per heavy atom. The van der Waals surface area contributed by atoms with E-state index in [0.717, 1.165) is 19.4 Å². The molecule has 0 spiro atoms. The number of piperidine rings is 1. The standard InChI is InChI=1S/C16H22N6O2/c1-11(2)22-13(5-6-19-22)15(23)20-12-4-3-9-21(10-12)14-16(24)18-8-7-17-14/h5-8,11-12H,3-4,9-10H2,1-2H3,(H,18,24)(H,20,23). The van der Waals surface area contributed by atoms with E-state index in [2.05, 4.69) is 20.4 Å². The van der Waals surface area contributed by atoms with Gasteiger partial charge in [-0.3, -0.25) is 14.3 Å². The predicted octanol–water partition coefficient (Wildman–Crippen LogP) is 0.946. The van der Waals surface area contributed by atoms with Gasteiger partial charge in [0.05, 0.1) is 0 Å². The molecule has 3 rings (SSSR count). The Hall–Kier alpha value is -2.64. The lowest BCUT2D eigenvalue weighted by atomic mass is 10.1. The second-order valence-corrected chi connectivity index (χ2v) is 6.26. The number of hydrogen-bond acceptors (Lipinski definition) is 5. The van der Waals surface area contributed by atoms with Gasteiger partial charge in [0.25, 0.3) is 11.5 Å². The van der Waals surface area contributed by atoms with Crippen LogP contribution in [0.1, 0.15) is 43.2 Å². The lowest BCUT2D eigenvalue weighted by Gasteiger charge is -2.33. The van der Waals surface area contributed by atoms with Crippen LogP contribution in [0.5, 0.6) is 0 Å². The summed E-state index contributed by atoms with van der Waals surface area (Å²) in [5.74, 6) is 0.270. The van der Waals surface area contributed by atoms with E-state index in [-0.39, 0.29) is 23.6 Å². The number of anilines is 1. The molecule has 2 aromatic rings. The maximum Gasteiger partial charge on any atom is 0.290 e. The quantitative estimate of drug-likeness (QED) is 0.870. The van der Waals surface area contributed by atoms with Crippen LogP contribution in [0.2, 0.25) is 0 Å². The Bertz CT molecular complexity index is 766. The Morgan fingerprint density at radius 3 is 3.00 bits per heavy atom. The Kier molecular flexibility index (Phi) is 4.64. The maximum absolute atomic E-state index is 12.5. The lowest BCUT2D eigenvalue weighted by Crippen LogP contribution is -2.49. The van der Waals surface area contributed by atoms with Crippen molar-refractivity contribution in [2.24, 2.45) is 0 Å². The number of nitrogens with zero attached hydrogens (tertiary/aromatic N) is 4. The van der Waals surface area contributed by atoms with Crippen molar-refractivity contribution in [3.63, 3.8) is 0 Å². The zero-order valence-corrected chi connectivity index (χ0v) is 13.9. The minimum atomic E-state index is -0.206. The Balaban J connectivity index is 1.69. The molecule has 1 aliphatic heterocycles. The predicted molar refractivity (Wildman–Crippen MR) is 90.2 cm³/mol. The third kappa shape index (κ3) is 3.32. The first kappa shape index (κ1) is 16.2. The molecular weight excluding hydrogens is 308 g/mol. The summed E-state index contributed by atoms with van der Waals surface area (Å²) in [5.41, 5.74) is 0.347. The molecule has 1 amide bonds. The fourth-order valence-corrected chi connectivity index (χ4v) is 3.02. The molecule has 0 aromatic carbocycles. The Morgan fingerprint density at radius 1 is 1.42 bits per heavy atom. The average Bonchev–Trinajstić information content (AvgIpc) is 3.05.